The van der Waals surface area contributed by atoms with Crippen LogP contribution < -0.4 is 10.6 Å². The Morgan fingerprint density at radius 1 is 1.15 bits per heavy atom. The summed E-state index contributed by atoms with van der Waals surface area (Å²) < 4.78 is 34.7. The third kappa shape index (κ3) is 5.88. The number of ether oxygens (including phenoxy) is 1. The number of benzene rings is 1. The Balaban J connectivity index is 1.23. The van der Waals surface area contributed by atoms with Crippen molar-refractivity contribution in [2.75, 3.05) is 50.5 Å². The normalized spacial score (nSPS) is 15.6. The summed E-state index contributed by atoms with van der Waals surface area (Å²) in [6, 6.07) is 6.11. The summed E-state index contributed by atoms with van der Waals surface area (Å²) in [5.41, 5.74) is 4.31. The SMILES string of the molecule is COC(=O)Nc1nc(C)c(S(=O)(=O)N2CCN(C[C@H](C)Nc3ncnc4c(-c5cnn(C)c5C)cccc34)CC2)s1. The van der Waals surface area contributed by atoms with E-state index in [9.17, 15) is 13.2 Å². The zero-order valence-electron chi connectivity index (χ0n) is 23.6. The number of aryl methyl sites for hydroxylation is 2. The summed E-state index contributed by atoms with van der Waals surface area (Å²) in [5, 5.41) is 11.5. The van der Waals surface area contributed by atoms with Crippen molar-refractivity contribution in [2.45, 2.75) is 31.0 Å². The number of aromatic nitrogens is 5. The predicted molar refractivity (Wildman–Crippen MR) is 158 cm³/mol. The molecule has 1 aliphatic rings. The number of amides is 1. The van der Waals surface area contributed by atoms with Crippen LogP contribution in [0.2, 0.25) is 0 Å². The Labute approximate surface area is 242 Å². The van der Waals surface area contributed by atoms with Gasteiger partial charge in [-0.25, -0.2) is 28.2 Å². The summed E-state index contributed by atoms with van der Waals surface area (Å²) >= 11 is 0.926. The standard InChI is InChI=1S/C26H33N9O4S2/c1-16(30-23-20-8-6-7-19(22(20)27-15-28-23)21-13-29-33(4)18(21)3)14-34-9-11-35(12-10-34)41(37,38)24-17(2)31-25(40-24)32-26(36)39-5/h6-8,13,15-16H,9-12,14H2,1-5H3,(H,27,28,30)(H,31,32,36)/t16-/m0/s1. The van der Waals surface area contributed by atoms with Gasteiger partial charge in [0.2, 0.25) is 0 Å². The number of nitrogens with zero attached hydrogens (tertiary/aromatic N) is 7. The molecule has 2 N–H and O–H groups in total. The number of fused-ring (bicyclic) bond motifs is 1. The Morgan fingerprint density at radius 3 is 2.59 bits per heavy atom. The van der Waals surface area contributed by atoms with Crippen LogP contribution in [0.25, 0.3) is 22.0 Å². The Hall–Kier alpha value is -3.66. The molecule has 0 bridgehead atoms. The van der Waals surface area contributed by atoms with Crippen molar-refractivity contribution < 1.29 is 17.9 Å². The summed E-state index contributed by atoms with van der Waals surface area (Å²) in [4.78, 5) is 27.0. The number of anilines is 2. The molecule has 15 heteroatoms. The average molecular weight is 600 g/mol. The lowest BCUT2D eigenvalue weighted by atomic mass is 10.0. The van der Waals surface area contributed by atoms with Crippen LogP contribution in [-0.2, 0) is 21.8 Å². The molecule has 4 heterocycles. The van der Waals surface area contributed by atoms with E-state index in [0.717, 1.165) is 44.9 Å². The number of methoxy groups -OCH3 is 1. The zero-order valence-corrected chi connectivity index (χ0v) is 25.2. The largest absolute Gasteiger partial charge is 0.453 e. The van der Waals surface area contributed by atoms with Crippen LogP contribution in [0, 0.1) is 13.8 Å². The van der Waals surface area contributed by atoms with Crippen molar-refractivity contribution in [3.63, 3.8) is 0 Å². The van der Waals surface area contributed by atoms with Crippen molar-refractivity contribution in [3.8, 4) is 11.1 Å². The van der Waals surface area contributed by atoms with Crippen LogP contribution in [-0.4, -0.2) is 94.3 Å². The zero-order chi connectivity index (χ0) is 29.3. The Bertz CT molecular complexity index is 1680. The van der Waals surface area contributed by atoms with Crippen LogP contribution in [0.15, 0.2) is 34.9 Å². The third-order valence-electron chi connectivity index (χ3n) is 7.16. The van der Waals surface area contributed by atoms with Gasteiger partial charge in [-0.15, -0.1) is 0 Å². The van der Waals surface area contributed by atoms with Gasteiger partial charge in [-0.1, -0.05) is 23.5 Å². The molecule has 1 fully saturated rings. The maximum absolute atomic E-state index is 13.3. The minimum absolute atomic E-state index is 0.0516. The van der Waals surface area contributed by atoms with Gasteiger partial charge in [0.15, 0.2) is 9.34 Å². The third-order valence-corrected chi connectivity index (χ3v) is 10.7. The molecule has 3 aromatic heterocycles. The molecule has 0 unspecified atom stereocenters. The van der Waals surface area contributed by atoms with Gasteiger partial charge in [-0.2, -0.15) is 9.40 Å². The Morgan fingerprint density at radius 2 is 1.90 bits per heavy atom. The highest BCUT2D eigenvalue weighted by Crippen LogP contribution is 2.32. The molecule has 5 rings (SSSR count). The maximum atomic E-state index is 13.3. The molecule has 0 aliphatic carbocycles. The molecular formula is C26H33N9O4S2. The number of para-hydroxylation sites is 1. The van der Waals surface area contributed by atoms with Gasteiger partial charge in [0.1, 0.15) is 12.1 Å². The molecule has 0 spiro atoms. The summed E-state index contributed by atoms with van der Waals surface area (Å²) in [6.07, 6.45) is 2.73. The molecule has 1 saturated heterocycles. The molecular weight excluding hydrogens is 566 g/mol. The highest BCUT2D eigenvalue weighted by Gasteiger charge is 2.32. The summed E-state index contributed by atoms with van der Waals surface area (Å²) in [5.74, 6) is 0.754. The van der Waals surface area contributed by atoms with Crippen LogP contribution in [0.3, 0.4) is 0 Å². The molecule has 1 amide bonds. The van der Waals surface area contributed by atoms with Crippen molar-refractivity contribution >= 4 is 49.3 Å². The molecule has 0 saturated carbocycles. The minimum atomic E-state index is -3.74. The second kappa shape index (κ2) is 11.7. The van der Waals surface area contributed by atoms with E-state index >= 15 is 0 Å². The van der Waals surface area contributed by atoms with Gasteiger partial charge in [-0.3, -0.25) is 14.9 Å². The van der Waals surface area contributed by atoms with E-state index in [1.807, 2.05) is 43.0 Å². The second-order valence-electron chi connectivity index (χ2n) is 9.95. The lowest BCUT2D eigenvalue weighted by molar-refractivity contribution is 0.184. The fourth-order valence-corrected chi connectivity index (χ4v) is 7.89. The molecule has 41 heavy (non-hydrogen) atoms. The van der Waals surface area contributed by atoms with Crippen LogP contribution >= 0.6 is 11.3 Å². The first kappa shape index (κ1) is 28.9. The Kier molecular flexibility index (Phi) is 8.22. The number of nitrogens with one attached hydrogen (secondary N) is 2. The van der Waals surface area contributed by atoms with E-state index in [2.05, 4.69) is 47.2 Å². The molecule has 1 aliphatic heterocycles. The van der Waals surface area contributed by atoms with Crippen molar-refractivity contribution in [1.82, 2.24) is 33.9 Å². The smallest absolute Gasteiger partial charge is 0.413 e. The number of sulfonamides is 1. The first-order chi connectivity index (χ1) is 19.6. The van der Waals surface area contributed by atoms with Gasteiger partial charge in [0.05, 0.1) is 24.5 Å². The van der Waals surface area contributed by atoms with Crippen molar-refractivity contribution in [3.05, 3.63) is 42.1 Å². The van der Waals surface area contributed by atoms with Gasteiger partial charge in [0, 0.05) is 68.0 Å². The number of hydrogen-bond donors (Lipinski definition) is 2. The van der Waals surface area contributed by atoms with E-state index in [1.165, 1.54) is 11.4 Å². The van der Waals surface area contributed by atoms with Crippen LogP contribution in [0.4, 0.5) is 15.7 Å². The fraction of sp³-hybridized carbons (Fsp3) is 0.423. The van der Waals surface area contributed by atoms with Gasteiger partial charge < -0.3 is 10.1 Å². The quantitative estimate of drug-likeness (QED) is 0.310. The minimum Gasteiger partial charge on any atom is -0.453 e. The number of carbonyl (C=O) groups is 1. The monoisotopic (exact) mass is 599 g/mol. The first-order valence-electron chi connectivity index (χ1n) is 13.1. The van der Waals surface area contributed by atoms with Crippen LogP contribution in [0.5, 0.6) is 0 Å². The maximum Gasteiger partial charge on any atom is 0.413 e. The van der Waals surface area contributed by atoms with Crippen molar-refractivity contribution in [1.29, 1.82) is 0 Å². The van der Waals surface area contributed by atoms with Crippen LogP contribution in [0.1, 0.15) is 18.3 Å². The van der Waals surface area contributed by atoms with E-state index in [-0.39, 0.29) is 15.4 Å². The van der Waals surface area contributed by atoms with E-state index in [4.69, 9.17) is 0 Å². The summed E-state index contributed by atoms with van der Waals surface area (Å²) in [6.45, 7) is 8.35. The second-order valence-corrected chi connectivity index (χ2v) is 13.1. The number of hydrogen-bond acceptors (Lipinski definition) is 11. The lowest BCUT2D eigenvalue weighted by Crippen LogP contribution is -2.50. The molecule has 13 nitrogen and oxygen atoms in total. The lowest BCUT2D eigenvalue weighted by Gasteiger charge is -2.35. The first-order valence-corrected chi connectivity index (χ1v) is 15.4. The van der Waals surface area contributed by atoms with E-state index in [1.54, 1.807) is 13.3 Å². The van der Waals surface area contributed by atoms with E-state index in [0.29, 0.717) is 38.4 Å². The predicted octanol–water partition coefficient (Wildman–Crippen LogP) is 3.09. The molecule has 218 valence electrons. The van der Waals surface area contributed by atoms with E-state index < -0.39 is 16.1 Å². The number of thiazole rings is 1. The van der Waals surface area contributed by atoms with Crippen molar-refractivity contribution in [2.24, 2.45) is 7.05 Å². The highest BCUT2D eigenvalue weighted by molar-refractivity contribution is 7.91. The van der Waals surface area contributed by atoms with Gasteiger partial charge in [-0.05, 0) is 26.8 Å². The topological polar surface area (TPSA) is 147 Å². The van der Waals surface area contributed by atoms with Gasteiger partial charge >= 0.3 is 6.09 Å². The highest BCUT2D eigenvalue weighted by atomic mass is 32.2. The van der Waals surface area contributed by atoms with Gasteiger partial charge in [0.25, 0.3) is 10.0 Å². The molecule has 0 radical (unpaired) electrons. The average Bonchev–Trinajstić information content (AvgIpc) is 3.49. The molecule has 4 aromatic rings. The fourth-order valence-electron chi connectivity index (χ4n) is 4.93. The molecule has 1 atom stereocenters. The summed E-state index contributed by atoms with van der Waals surface area (Å²) in [7, 11) is -0.579. The molecule has 1 aromatic carbocycles. The number of piperazine rings is 1. The number of rotatable bonds is 8. The number of carbonyl (C=O) groups excluding carboxylic acids is 1.